The fourth-order valence-corrected chi connectivity index (χ4v) is 3.92. The number of hydrogen-bond acceptors (Lipinski definition) is 3. The fraction of sp³-hybridized carbons (Fsp3) is 0.200. The number of benzene rings is 2. The van der Waals surface area contributed by atoms with Crippen molar-refractivity contribution in [1.29, 1.82) is 0 Å². The van der Waals surface area contributed by atoms with E-state index in [0.29, 0.717) is 10.0 Å². The molecule has 0 saturated carbocycles. The third-order valence-corrected chi connectivity index (χ3v) is 5.17. The minimum atomic E-state index is -3.78. The zero-order chi connectivity index (χ0) is 16.3. The van der Waals surface area contributed by atoms with Crippen LogP contribution in [0.4, 0.5) is 4.39 Å². The van der Waals surface area contributed by atoms with Gasteiger partial charge in [-0.05, 0) is 42.8 Å². The van der Waals surface area contributed by atoms with Crippen LogP contribution in [0.2, 0.25) is 0 Å². The molecule has 2 aromatic rings. The largest absolute Gasteiger partial charge is 0.495 e. The molecular weight excluding hydrogens is 373 g/mol. The normalized spacial score (nSPS) is 12.9. The van der Waals surface area contributed by atoms with Crippen LogP contribution in [0.3, 0.4) is 0 Å². The summed E-state index contributed by atoms with van der Waals surface area (Å²) < 4.78 is 46.3. The summed E-state index contributed by atoms with van der Waals surface area (Å²) in [4.78, 5) is 0.0401. The third kappa shape index (κ3) is 3.85. The molecule has 0 saturated heterocycles. The smallest absolute Gasteiger partial charge is 0.244 e. The quantitative estimate of drug-likeness (QED) is 0.851. The zero-order valence-corrected chi connectivity index (χ0v) is 14.4. The van der Waals surface area contributed by atoms with Crippen LogP contribution in [0.25, 0.3) is 0 Å². The van der Waals surface area contributed by atoms with Crippen LogP contribution in [0.1, 0.15) is 18.5 Å². The lowest BCUT2D eigenvalue weighted by Gasteiger charge is -2.16. The van der Waals surface area contributed by atoms with Gasteiger partial charge in [0.25, 0.3) is 0 Å². The SMILES string of the molecule is COc1ccc(Br)cc1S(=O)(=O)N[C@@H](C)c1ccc(F)cc1. The van der Waals surface area contributed by atoms with Crippen LogP contribution in [0, 0.1) is 5.82 Å². The Morgan fingerprint density at radius 2 is 1.82 bits per heavy atom. The molecule has 0 fully saturated rings. The summed E-state index contributed by atoms with van der Waals surface area (Å²) in [7, 11) is -2.37. The van der Waals surface area contributed by atoms with E-state index in [4.69, 9.17) is 4.74 Å². The zero-order valence-electron chi connectivity index (χ0n) is 12.0. The Morgan fingerprint density at radius 1 is 1.18 bits per heavy atom. The molecule has 2 rings (SSSR count). The average Bonchev–Trinajstić information content (AvgIpc) is 2.47. The number of halogens is 2. The summed E-state index contributed by atoms with van der Waals surface area (Å²) in [6, 6.07) is 9.90. The lowest BCUT2D eigenvalue weighted by molar-refractivity contribution is 0.402. The third-order valence-electron chi connectivity index (χ3n) is 3.12. The van der Waals surface area contributed by atoms with E-state index in [-0.39, 0.29) is 16.5 Å². The lowest BCUT2D eigenvalue weighted by atomic mass is 10.1. The molecule has 0 aliphatic carbocycles. The molecule has 0 heterocycles. The molecule has 0 spiro atoms. The molecule has 22 heavy (non-hydrogen) atoms. The average molecular weight is 388 g/mol. The van der Waals surface area contributed by atoms with Crippen LogP contribution in [0.15, 0.2) is 51.8 Å². The summed E-state index contributed by atoms with van der Waals surface area (Å²) in [6.07, 6.45) is 0. The summed E-state index contributed by atoms with van der Waals surface area (Å²) in [5.74, 6) is -0.116. The molecule has 0 bridgehead atoms. The van der Waals surface area contributed by atoms with Crippen molar-refractivity contribution in [2.45, 2.75) is 17.9 Å². The van der Waals surface area contributed by atoms with Gasteiger partial charge in [0.1, 0.15) is 16.5 Å². The number of rotatable bonds is 5. The minimum Gasteiger partial charge on any atom is -0.495 e. The van der Waals surface area contributed by atoms with Gasteiger partial charge < -0.3 is 4.74 Å². The van der Waals surface area contributed by atoms with Crippen molar-refractivity contribution in [1.82, 2.24) is 4.72 Å². The molecule has 0 aliphatic rings. The molecule has 0 aliphatic heterocycles. The van der Waals surface area contributed by atoms with Gasteiger partial charge in [-0.1, -0.05) is 28.1 Å². The first-order valence-electron chi connectivity index (χ1n) is 6.45. The molecule has 0 aromatic heterocycles. The van der Waals surface area contributed by atoms with Gasteiger partial charge in [-0.25, -0.2) is 17.5 Å². The number of ether oxygens (including phenoxy) is 1. The van der Waals surface area contributed by atoms with E-state index in [1.54, 1.807) is 31.2 Å². The Morgan fingerprint density at radius 3 is 2.41 bits per heavy atom. The van der Waals surface area contributed by atoms with E-state index in [2.05, 4.69) is 20.7 Å². The lowest BCUT2D eigenvalue weighted by Crippen LogP contribution is -2.27. The second kappa shape index (κ2) is 6.76. The summed E-state index contributed by atoms with van der Waals surface area (Å²) in [5.41, 5.74) is 0.666. The predicted molar refractivity (Wildman–Crippen MR) is 85.8 cm³/mol. The van der Waals surface area contributed by atoms with Crippen molar-refractivity contribution in [3.8, 4) is 5.75 Å². The molecule has 4 nitrogen and oxygen atoms in total. The van der Waals surface area contributed by atoms with E-state index >= 15 is 0 Å². The predicted octanol–water partition coefficient (Wildman–Crippen LogP) is 3.64. The van der Waals surface area contributed by atoms with Gasteiger partial charge in [0.2, 0.25) is 10.0 Å². The molecule has 2 aromatic carbocycles. The van der Waals surface area contributed by atoms with Gasteiger partial charge in [-0.3, -0.25) is 0 Å². The first-order valence-corrected chi connectivity index (χ1v) is 8.72. The summed E-state index contributed by atoms with van der Waals surface area (Å²) in [6.45, 7) is 1.69. The number of methoxy groups -OCH3 is 1. The molecular formula is C15H15BrFNO3S. The Bertz CT molecular complexity index is 763. The molecule has 0 amide bonds. The highest BCUT2D eigenvalue weighted by atomic mass is 79.9. The van der Waals surface area contributed by atoms with Crippen LogP contribution >= 0.6 is 15.9 Å². The number of sulfonamides is 1. The maximum Gasteiger partial charge on any atom is 0.244 e. The van der Waals surface area contributed by atoms with Gasteiger partial charge in [-0.2, -0.15) is 0 Å². The van der Waals surface area contributed by atoms with Gasteiger partial charge in [0.15, 0.2) is 0 Å². The van der Waals surface area contributed by atoms with Crippen LogP contribution in [-0.2, 0) is 10.0 Å². The Balaban J connectivity index is 2.31. The second-order valence-corrected chi connectivity index (χ2v) is 7.29. The highest BCUT2D eigenvalue weighted by molar-refractivity contribution is 9.10. The van der Waals surface area contributed by atoms with E-state index in [1.165, 1.54) is 25.3 Å². The van der Waals surface area contributed by atoms with E-state index < -0.39 is 16.1 Å². The maximum absolute atomic E-state index is 12.9. The molecule has 1 N–H and O–H groups in total. The highest BCUT2D eigenvalue weighted by Crippen LogP contribution is 2.28. The van der Waals surface area contributed by atoms with Gasteiger partial charge in [0.05, 0.1) is 7.11 Å². The molecule has 1 atom stereocenters. The Kier molecular flexibility index (Phi) is 5.20. The molecule has 0 unspecified atom stereocenters. The van der Waals surface area contributed by atoms with Gasteiger partial charge in [-0.15, -0.1) is 0 Å². The topological polar surface area (TPSA) is 55.4 Å². The molecule has 118 valence electrons. The maximum atomic E-state index is 12.9. The first kappa shape index (κ1) is 16.9. The summed E-state index contributed by atoms with van der Waals surface area (Å²) >= 11 is 3.25. The van der Waals surface area contributed by atoms with Crippen molar-refractivity contribution >= 4 is 26.0 Å². The van der Waals surface area contributed by atoms with Crippen LogP contribution in [0.5, 0.6) is 5.75 Å². The Labute approximate surface area is 137 Å². The van der Waals surface area contributed by atoms with E-state index in [1.807, 2.05) is 0 Å². The van der Waals surface area contributed by atoms with Crippen LogP contribution in [-0.4, -0.2) is 15.5 Å². The van der Waals surface area contributed by atoms with Gasteiger partial charge >= 0.3 is 0 Å². The van der Waals surface area contributed by atoms with Gasteiger partial charge in [0, 0.05) is 10.5 Å². The van der Waals surface area contributed by atoms with Crippen molar-refractivity contribution in [3.63, 3.8) is 0 Å². The van der Waals surface area contributed by atoms with Crippen molar-refractivity contribution < 1.29 is 17.5 Å². The van der Waals surface area contributed by atoms with E-state index in [9.17, 15) is 12.8 Å². The van der Waals surface area contributed by atoms with Crippen molar-refractivity contribution in [2.75, 3.05) is 7.11 Å². The highest BCUT2D eigenvalue weighted by Gasteiger charge is 2.22. The second-order valence-electron chi connectivity index (χ2n) is 4.69. The molecule has 7 heteroatoms. The minimum absolute atomic E-state index is 0.0401. The number of nitrogens with one attached hydrogen (secondary N) is 1. The number of hydrogen-bond donors (Lipinski definition) is 1. The van der Waals surface area contributed by atoms with Crippen LogP contribution < -0.4 is 9.46 Å². The first-order chi connectivity index (χ1) is 10.3. The Hall–Kier alpha value is -1.44. The van der Waals surface area contributed by atoms with Crippen molar-refractivity contribution in [3.05, 3.63) is 58.3 Å². The monoisotopic (exact) mass is 387 g/mol. The summed E-state index contributed by atoms with van der Waals surface area (Å²) in [5, 5.41) is 0. The standard InChI is InChI=1S/C15H15BrFNO3S/c1-10(11-3-6-13(17)7-4-11)18-22(19,20)15-9-12(16)5-8-14(15)21-2/h3-10,18H,1-2H3/t10-/m0/s1. The fourth-order valence-electron chi connectivity index (χ4n) is 1.98. The molecule has 0 radical (unpaired) electrons. The van der Waals surface area contributed by atoms with E-state index in [0.717, 1.165) is 0 Å². The van der Waals surface area contributed by atoms with Crippen molar-refractivity contribution in [2.24, 2.45) is 0 Å².